The number of nitrogens with one attached hydrogen (secondary N) is 1. The van der Waals surface area contributed by atoms with Crippen LogP contribution in [-0.4, -0.2) is 16.8 Å². The average Bonchev–Trinajstić information content (AvgIpc) is 2.84. The van der Waals surface area contributed by atoms with Gasteiger partial charge in [0.15, 0.2) is 0 Å². The summed E-state index contributed by atoms with van der Waals surface area (Å²) in [4.78, 5) is 0. The van der Waals surface area contributed by atoms with E-state index < -0.39 is 0 Å². The second-order valence-electron chi connectivity index (χ2n) is 5.07. The van der Waals surface area contributed by atoms with E-state index in [1.807, 2.05) is 30.8 Å². The quantitative estimate of drug-likeness (QED) is 0.859. The summed E-state index contributed by atoms with van der Waals surface area (Å²) in [7, 11) is 1.95. The van der Waals surface area contributed by atoms with Crippen molar-refractivity contribution < 1.29 is 4.74 Å². The molecule has 114 valence electrons. The number of aryl methyl sites for hydroxylation is 2. The third kappa shape index (κ3) is 3.86. The van der Waals surface area contributed by atoms with Crippen molar-refractivity contribution in [2.24, 2.45) is 0 Å². The van der Waals surface area contributed by atoms with Gasteiger partial charge in [0, 0.05) is 22.6 Å². The van der Waals surface area contributed by atoms with E-state index in [2.05, 4.69) is 52.3 Å². The highest BCUT2D eigenvalue weighted by molar-refractivity contribution is 9.10. The first-order chi connectivity index (χ1) is 10.0. The summed E-state index contributed by atoms with van der Waals surface area (Å²) < 4.78 is 9.05. The molecule has 5 heteroatoms. The molecule has 0 saturated heterocycles. The minimum absolute atomic E-state index is 0.242. The summed E-state index contributed by atoms with van der Waals surface area (Å²) in [6.45, 7) is 7.59. The van der Waals surface area contributed by atoms with Gasteiger partial charge in [0.25, 0.3) is 0 Å². The fourth-order valence-corrected chi connectivity index (χ4v) is 2.63. The highest BCUT2D eigenvalue weighted by Gasteiger charge is 2.12. The van der Waals surface area contributed by atoms with Crippen LogP contribution in [0.1, 0.15) is 36.8 Å². The van der Waals surface area contributed by atoms with E-state index in [4.69, 9.17) is 4.74 Å². The maximum Gasteiger partial charge on any atom is 0.130 e. The van der Waals surface area contributed by atoms with Gasteiger partial charge in [-0.25, -0.2) is 0 Å². The molecule has 0 saturated carbocycles. The van der Waals surface area contributed by atoms with E-state index in [0.717, 1.165) is 33.7 Å². The average molecular weight is 352 g/mol. The molecular formula is C16H22BrN3O. The van der Waals surface area contributed by atoms with Gasteiger partial charge >= 0.3 is 0 Å². The first-order valence-corrected chi connectivity index (χ1v) is 7.97. The Labute approximate surface area is 134 Å². The summed E-state index contributed by atoms with van der Waals surface area (Å²) in [6.07, 6.45) is 0. The van der Waals surface area contributed by atoms with Crippen LogP contribution in [-0.2, 0) is 13.2 Å². The molecule has 1 unspecified atom stereocenters. The Balaban J connectivity index is 2.20. The minimum atomic E-state index is 0.242. The van der Waals surface area contributed by atoms with Crippen LogP contribution in [0.3, 0.4) is 0 Å². The minimum Gasteiger partial charge on any atom is -0.487 e. The molecule has 2 aromatic rings. The molecule has 1 aromatic carbocycles. The Morgan fingerprint density at radius 3 is 2.81 bits per heavy atom. The lowest BCUT2D eigenvalue weighted by molar-refractivity contribution is 0.287. The van der Waals surface area contributed by atoms with Gasteiger partial charge in [-0.1, -0.05) is 22.0 Å². The molecule has 1 N–H and O–H groups in total. The number of nitrogens with zero attached hydrogens (tertiary/aromatic N) is 2. The second-order valence-corrected chi connectivity index (χ2v) is 5.99. The maximum absolute atomic E-state index is 6.05. The van der Waals surface area contributed by atoms with E-state index in [0.29, 0.717) is 6.61 Å². The van der Waals surface area contributed by atoms with Gasteiger partial charge in [-0.2, -0.15) is 5.10 Å². The van der Waals surface area contributed by atoms with Crippen molar-refractivity contribution in [3.8, 4) is 5.75 Å². The molecule has 1 atom stereocenters. The largest absolute Gasteiger partial charge is 0.487 e. The molecule has 0 aliphatic rings. The number of benzene rings is 1. The summed E-state index contributed by atoms with van der Waals surface area (Å²) in [5.41, 5.74) is 3.27. The Bertz CT molecular complexity index is 610. The lowest BCUT2D eigenvalue weighted by Crippen LogP contribution is -2.14. The van der Waals surface area contributed by atoms with Gasteiger partial charge in [-0.15, -0.1) is 0 Å². The second kappa shape index (κ2) is 7.09. The summed E-state index contributed by atoms with van der Waals surface area (Å²) in [6, 6.07) is 8.45. The molecule has 1 heterocycles. The van der Waals surface area contributed by atoms with Crippen molar-refractivity contribution in [2.45, 2.75) is 40.0 Å². The third-order valence-electron chi connectivity index (χ3n) is 3.54. The summed E-state index contributed by atoms with van der Waals surface area (Å²) >= 11 is 3.51. The Morgan fingerprint density at radius 2 is 2.14 bits per heavy atom. The molecule has 0 aliphatic heterocycles. The SMILES string of the molecule is CCn1nc(C)cc1COc1cc(Br)ccc1C(C)NC. The highest BCUT2D eigenvalue weighted by Crippen LogP contribution is 2.29. The van der Waals surface area contributed by atoms with Gasteiger partial charge in [0.1, 0.15) is 12.4 Å². The summed E-state index contributed by atoms with van der Waals surface area (Å²) in [5.74, 6) is 0.896. The predicted molar refractivity (Wildman–Crippen MR) is 88.6 cm³/mol. The fourth-order valence-electron chi connectivity index (χ4n) is 2.29. The monoisotopic (exact) mass is 351 g/mol. The van der Waals surface area contributed by atoms with Crippen molar-refractivity contribution >= 4 is 15.9 Å². The molecule has 0 spiro atoms. The summed E-state index contributed by atoms with van der Waals surface area (Å²) in [5, 5.41) is 7.70. The van der Waals surface area contributed by atoms with Crippen molar-refractivity contribution in [3.05, 3.63) is 45.7 Å². The zero-order chi connectivity index (χ0) is 15.4. The van der Waals surface area contributed by atoms with E-state index in [1.54, 1.807) is 0 Å². The zero-order valence-electron chi connectivity index (χ0n) is 13.0. The molecular weight excluding hydrogens is 330 g/mol. The topological polar surface area (TPSA) is 39.1 Å². The number of ether oxygens (including phenoxy) is 1. The smallest absolute Gasteiger partial charge is 0.130 e. The first kappa shape index (κ1) is 16.0. The normalized spacial score (nSPS) is 12.4. The lowest BCUT2D eigenvalue weighted by atomic mass is 10.1. The Morgan fingerprint density at radius 1 is 1.38 bits per heavy atom. The number of hydrogen-bond acceptors (Lipinski definition) is 3. The van der Waals surface area contributed by atoms with Crippen LogP contribution in [0.2, 0.25) is 0 Å². The third-order valence-corrected chi connectivity index (χ3v) is 4.03. The molecule has 0 aliphatic carbocycles. The van der Waals surface area contributed by atoms with Crippen LogP contribution in [0.5, 0.6) is 5.75 Å². The van der Waals surface area contributed by atoms with Gasteiger partial charge in [-0.3, -0.25) is 4.68 Å². The van der Waals surface area contributed by atoms with Crippen LogP contribution in [0, 0.1) is 6.92 Å². The lowest BCUT2D eigenvalue weighted by Gasteiger charge is -2.17. The maximum atomic E-state index is 6.05. The van der Waals surface area contributed by atoms with Crippen LogP contribution in [0.15, 0.2) is 28.7 Å². The van der Waals surface area contributed by atoms with Crippen molar-refractivity contribution in [3.63, 3.8) is 0 Å². The Hall–Kier alpha value is -1.33. The van der Waals surface area contributed by atoms with Gasteiger partial charge in [0.05, 0.1) is 11.4 Å². The molecule has 21 heavy (non-hydrogen) atoms. The van der Waals surface area contributed by atoms with Crippen LogP contribution < -0.4 is 10.1 Å². The van der Waals surface area contributed by atoms with E-state index in [9.17, 15) is 0 Å². The molecule has 0 radical (unpaired) electrons. The number of aromatic nitrogens is 2. The van der Waals surface area contributed by atoms with Gasteiger partial charge < -0.3 is 10.1 Å². The molecule has 2 rings (SSSR count). The van der Waals surface area contributed by atoms with Crippen LogP contribution in [0.4, 0.5) is 0 Å². The zero-order valence-corrected chi connectivity index (χ0v) is 14.6. The van der Waals surface area contributed by atoms with E-state index >= 15 is 0 Å². The van der Waals surface area contributed by atoms with Crippen LogP contribution >= 0.6 is 15.9 Å². The molecule has 0 fully saturated rings. The van der Waals surface area contributed by atoms with Crippen molar-refractivity contribution in [2.75, 3.05) is 7.05 Å². The molecule has 1 aromatic heterocycles. The van der Waals surface area contributed by atoms with Crippen LogP contribution in [0.25, 0.3) is 0 Å². The van der Waals surface area contributed by atoms with E-state index in [-0.39, 0.29) is 6.04 Å². The molecule has 0 amide bonds. The van der Waals surface area contributed by atoms with Crippen molar-refractivity contribution in [1.29, 1.82) is 0 Å². The number of halogens is 1. The Kier molecular flexibility index (Phi) is 5.42. The van der Waals surface area contributed by atoms with Gasteiger partial charge in [-0.05, 0) is 46.0 Å². The number of hydrogen-bond donors (Lipinski definition) is 1. The standard InChI is InChI=1S/C16H22BrN3O/c1-5-20-14(8-11(2)19-20)10-21-16-9-13(17)6-7-15(16)12(3)18-4/h6-9,12,18H,5,10H2,1-4H3. The fraction of sp³-hybridized carbons (Fsp3) is 0.438. The molecule has 0 bridgehead atoms. The van der Waals surface area contributed by atoms with Crippen molar-refractivity contribution in [1.82, 2.24) is 15.1 Å². The van der Waals surface area contributed by atoms with E-state index in [1.165, 1.54) is 0 Å². The highest BCUT2D eigenvalue weighted by atomic mass is 79.9. The van der Waals surface area contributed by atoms with Gasteiger partial charge in [0.2, 0.25) is 0 Å². The number of rotatable bonds is 6. The first-order valence-electron chi connectivity index (χ1n) is 7.18. The predicted octanol–water partition coefficient (Wildman–Crippen LogP) is 3.83. The molecule has 4 nitrogen and oxygen atoms in total.